The molecule has 0 radical (unpaired) electrons. The third-order valence-corrected chi connectivity index (χ3v) is 2.78. The van der Waals surface area contributed by atoms with Crippen LogP contribution in [0.15, 0.2) is 48.5 Å². The zero-order valence-electron chi connectivity index (χ0n) is 10.4. The van der Waals surface area contributed by atoms with E-state index in [1.54, 1.807) is 24.3 Å². The number of carbonyl (C=O) groups excluding carboxylic acids is 1. The average Bonchev–Trinajstić information content (AvgIpc) is 2.46. The fraction of sp³-hybridized carbons (Fsp3) is 0.0714. The smallest absolute Gasteiger partial charge is 0.282 e. The van der Waals surface area contributed by atoms with Gasteiger partial charge in [0.1, 0.15) is 11.3 Å². The number of nitro benzene ring substituents is 1. The number of amides is 1. The first-order chi connectivity index (χ1) is 9.59. The van der Waals surface area contributed by atoms with Gasteiger partial charge >= 0.3 is 0 Å². The Labute approximate surface area is 114 Å². The van der Waals surface area contributed by atoms with Crippen LogP contribution in [0, 0.1) is 10.1 Å². The number of nitro groups is 1. The molecule has 0 aliphatic heterocycles. The number of hydrogen-bond acceptors (Lipinski definition) is 4. The number of rotatable bonds is 4. The van der Waals surface area contributed by atoms with Crippen molar-refractivity contribution in [2.45, 2.75) is 6.54 Å². The molecule has 0 fully saturated rings. The summed E-state index contributed by atoms with van der Waals surface area (Å²) < 4.78 is 0. The number of phenols is 1. The number of para-hydroxylation sites is 2. The molecule has 6 heteroatoms. The Bertz CT molecular complexity index is 655. The lowest BCUT2D eigenvalue weighted by Crippen LogP contribution is -2.23. The molecule has 6 nitrogen and oxygen atoms in total. The van der Waals surface area contributed by atoms with E-state index in [1.165, 1.54) is 24.3 Å². The summed E-state index contributed by atoms with van der Waals surface area (Å²) in [6, 6.07) is 12.3. The second-order valence-corrected chi connectivity index (χ2v) is 4.09. The lowest BCUT2D eigenvalue weighted by Gasteiger charge is -2.07. The first kappa shape index (κ1) is 13.5. The van der Waals surface area contributed by atoms with E-state index in [0.717, 1.165) is 0 Å². The summed E-state index contributed by atoms with van der Waals surface area (Å²) in [7, 11) is 0. The minimum atomic E-state index is -0.602. The molecule has 2 aromatic rings. The molecule has 2 N–H and O–H groups in total. The Morgan fingerprint density at radius 1 is 1.15 bits per heavy atom. The molecule has 20 heavy (non-hydrogen) atoms. The fourth-order valence-corrected chi connectivity index (χ4v) is 1.76. The van der Waals surface area contributed by atoms with Crippen LogP contribution >= 0.6 is 0 Å². The zero-order valence-corrected chi connectivity index (χ0v) is 10.4. The molecule has 0 bridgehead atoms. The number of hydrogen-bond donors (Lipinski definition) is 2. The molecule has 0 unspecified atom stereocenters. The van der Waals surface area contributed by atoms with Crippen molar-refractivity contribution in [3.05, 3.63) is 69.8 Å². The maximum absolute atomic E-state index is 12.0. The lowest BCUT2D eigenvalue weighted by molar-refractivity contribution is -0.385. The molecule has 0 spiro atoms. The van der Waals surface area contributed by atoms with Gasteiger partial charge in [-0.2, -0.15) is 0 Å². The van der Waals surface area contributed by atoms with Crippen molar-refractivity contribution in [3.8, 4) is 5.75 Å². The zero-order chi connectivity index (χ0) is 14.5. The Morgan fingerprint density at radius 3 is 2.50 bits per heavy atom. The van der Waals surface area contributed by atoms with Crippen LogP contribution < -0.4 is 5.32 Å². The number of carbonyl (C=O) groups is 1. The van der Waals surface area contributed by atoms with E-state index in [1.807, 2.05) is 0 Å². The van der Waals surface area contributed by atoms with Crippen molar-refractivity contribution in [1.29, 1.82) is 0 Å². The van der Waals surface area contributed by atoms with Crippen LogP contribution in [0.1, 0.15) is 15.9 Å². The maximum Gasteiger partial charge on any atom is 0.282 e. The number of aromatic hydroxyl groups is 1. The van der Waals surface area contributed by atoms with Gasteiger partial charge in [-0.3, -0.25) is 14.9 Å². The average molecular weight is 272 g/mol. The van der Waals surface area contributed by atoms with Crippen LogP contribution in [0.4, 0.5) is 5.69 Å². The highest BCUT2D eigenvalue weighted by Crippen LogP contribution is 2.18. The van der Waals surface area contributed by atoms with Crippen LogP contribution in [0.25, 0.3) is 0 Å². The van der Waals surface area contributed by atoms with Gasteiger partial charge < -0.3 is 10.4 Å². The summed E-state index contributed by atoms with van der Waals surface area (Å²) in [5.74, 6) is -0.490. The summed E-state index contributed by atoms with van der Waals surface area (Å²) >= 11 is 0. The Morgan fingerprint density at radius 2 is 1.80 bits per heavy atom. The molecule has 102 valence electrons. The molecule has 2 rings (SSSR count). The second-order valence-electron chi connectivity index (χ2n) is 4.09. The number of nitrogens with zero attached hydrogens (tertiary/aromatic N) is 1. The first-order valence-corrected chi connectivity index (χ1v) is 5.88. The number of nitrogens with one attached hydrogen (secondary N) is 1. The molecular formula is C14H12N2O4. The van der Waals surface area contributed by atoms with E-state index in [-0.39, 0.29) is 23.5 Å². The SMILES string of the molecule is O=C(NCc1ccccc1O)c1ccccc1[N+](=O)[O-]. The third-order valence-electron chi connectivity index (χ3n) is 2.78. The van der Waals surface area contributed by atoms with Crippen LogP contribution in [0.5, 0.6) is 5.75 Å². The van der Waals surface area contributed by atoms with Crippen molar-refractivity contribution >= 4 is 11.6 Å². The largest absolute Gasteiger partial charge is 0.508 e. The molecule has 2 aromatic carbocycles. The molecule has 0 saturated heterocycles. The molecule has 0 aliphatic carbocycles. The van der Waals surface area contributed by atoms with Gasteiger partial charge in [0.05, 0.1) is 4.92 Å². The Hall–Kier alpha value is -2.89. The minimum absolute atomic E-state index is 0.00655. The summed E-state index contributed by atoms with van der Waals surface area (Å²) in [6.45, 7) is 0.0948. The first-order valence-electron chi connectivity index (χ1n) is 5.88. The number of benzene rings is 2. The molecule has 0 saturated carbocycles. The third kappa shape index (κ3) is 2.92. The molecule has 1 amide bonds. The van der Waals surface area contributed by atoms with Crippen molar-refractivity contribution in [2.24, 2.45) is 0 Å². The lowest BCUT2D eigenvalue weighted by atomic mass is 10.1. The quantitative estimate of drug-likeness (QED) is 0.659. The van der Waals surface area contributed by atoms with Gasteiger partial charge in [-0.25, -0.2) is 0 Å². The van der Waals surface area contributed by atoms with Crippen molar-refractivity contribution in [3.63, 3.8) is 0 Å². The number of phenolic OH excluding ortho intramolecular Hbond substituents is 1. The molecular weight excluding hydrogens is 260 g/mol. The van der Waals surface area contributed by atoms with Gasteiger partial charge in [0.2, 0.25) is 0 Å². The van der Waals surface area contributed by atoms with Crippen molar-refractivity contribution < 1.29 is 14.8 Å². The Balaban J connectivity index is 2.14. The maximum atomic E-state index is 12.0. The summed E-state index contributed by atoms with van der Waals surface area (Å²) in [4.78, 5) is 22.2. The van der Waals surface area contributed by atoms with Crippen LogP contribution in [0.2, 0.25) is 0 Å². The summed E-state index contributed by atoms with van der Waals surface area (Å²) in [6.07, 6.45) is 0. The van der Waals surface area contributed by atoms with Crippen LogP contribution in [0.3, 0.4) is 0 Å². The van der Waals surface area contributed by atoms with Crippen LogP contribution in [-0.4, -0.2) is 15.9 Å². The van der Waals surface area contributed by atoms with Gasteiger partial charge in [0, 0.05) is 18.2 Å². The van der Waals surface area contributed by atoms with Gasteiger partial charge in [-0.15, -0.1) is 0 Å². The highest BCUT2D eigenvalue weighted by Gasteiger charge is 2.18. The molecule has 0 aromatic heterocycles. The minimum Gasteiger partial charge on any atom is -0.508 e. The highest BCUT2D eigenvalue weighted by atomic mass is 16.6. The topological polar surface area (TPSA) is 92.5 Å². The molecule has 0 heterocycles. The normalized spacial score (nSPS) is 10.0. The molecule has 0 aliphatic rings. The standard InChI is InChI=1S/C14H12N2O4/c17-13-8-4-1-5-10(13)9-15-14(18)11-6-2-3-7-12(11)16(19)20/h1-8,17H,9H2,(H,15,18). The Kier molecular flexibility index (Phi) is 3.95. The van der Waals surface area contributed by atoms with E-state index in [4.69, 9.17) is 0 Å². The van der Waals surface area contributed by atoms with Crippen LogP contribution in [-0.2, 0) is 6.54 Å². The van der Waals surface area contributed by atoms with E-state index in [0.29, 0.717) is 5.56 Å². The van der Waals surface area contributed by atoms with Crippen molar-refractivity contribution in [1.82, 2.24) is 5.32 Å². The predicted molar refractivity (Wildman–Crippen MR) is 72.4 cm³/mol. The highest BCUT2D eigenvalue weighted by molar-refractivity contribution is 5.98. The second kappa shape index (κ2) is 5.83. The van der Waals surface area contributed by atoms with E-state index >= 15 is 0 Å². The van der Waals surface area contributed by atoms with Gasteiger partial charge in [0.15, 0.2) is 0 Å². The molecule has 0 atom stereocenters. The van der Waals surface area contributed by atoms with E-state index in [9.17, 15) is 20.0 Å². The van der Waals surface area contributed by atoms with Gasteiger partial charge in [0.25, 0.3) is 11.6 Å². The van der Waals surface area contributed by atoms with E-state index in [2.05, 4.69) is 5.32 Å². The van der Waals surface area contributed by atoms with Gasteiger partial charge in [-0.05, 0) is 12.1 Å². The van der Waals surface area contributed by atoms with Gasteiger partial charge in [-0.1, -0.05) is 30.3 Å². The fourth-order valence-electron chi connectivity index (χ4n) is 1.76. The van der Waals surface area contributed by atoms with Crippen molar-refractivity contribution in [2.75, 3.05) is 0 Å². The summed E-state index contributed by atoms with van der Waals surface area (Å²) in [5, 5.41) is 23.0. The monoisotopic (exact) mass is 272 g/mol. The predicted octanol–water partition coefficient (Wildman–Crippen LogP) is 2.23. The van der Waals surface area contributed by atoms with E-state index < -0.39 is 10.8 Å². The summed E-state index contributed by atoms with van der Waals surface area (Å²) in [5.41, 5.74) is 0.287.